The minimum Gasteiger partial charge on any atom is -0.481 e. The number of carbonyl (C=O) groups excluding carboxylic acids is 1. The summed E-state index contributed by atoms with van der Waals surface area (Å²) in [5, 5.41) is 13.0. The number of aryl methyl sites for hydroxylation is 2. The van der Waals surface area contributed by atoms with E-state index < -0.39 is 11.9 Å². The van der Waals surface area contributed by atoms with E-state index in [1.54, 1.807) is 11.3 Å². The summed E-state index contributed by atoms with van der Waals surface area (Å²) in [6, 6.07) is 0. The Bertz CT molecular complexity index is 603. The van der Waals surface area contributed by atoms with Gasteiger partial charge >= 0.3 is 5.97 Å². The van der Waals surface area contributed by atoms with Crippen LogP contribution in [0.25, 0.3) is 0 Å². The molecule has 0 saturated heterocycles. The van der Waals surface area contributed by atoms with Gasteiger partial charge in [0.15, 0.2) is 5.13 Å². The highest BCUT2D eigenvalue weighted by Gasteiger charge is 2.54. The molecule has 22 heavy (non-hydrogen) atoms. The van der Waals surface area contributed by atoms with E-state index in [0.717, 1.165) is 44.2 Å². The van der Waals surface area contributed by atoms with Gasteiger partial charge in [-0.05, 0) is 56.8 Å². The number of thiazole rings is 1. The summed E-state index contributed by atoms with van der Waals surface area (Å²) in [7, 11) is 0. The molecule has 6 heteroatoms. The van der Waals surface area contributed by atoms with Gasteiger partial charge in [-0.1, -0.05) is 0 Å². The smallest absolute Gasteiger partial charge is 0.307 e. The number of carboxylic acids is 1. The Morgan fingerprint density at radius 2 is 1.86 bits per heavy atom. The van der Waals surface area contributed by atoms with Crippen LogP contribution in [0.2, 0.25) is 0 Å². The minimum absolute atomic E-state index is 0.134. The number of aromatic nitrogens is 1. The first kappa shape index (κ1) is 14.2. The van der Waals surface area contributed by atoms with Crippen LogP contribution < -0.4 is 5.32 Å². The van der Waals surface area contributed by atoms with Gasteiger partial charge in [-0.15, -0.1) is 11.3 Å². The van der Waals surface area contributed by atoms with Crippen molar-refractivity contribution in [1.29, 1.82) is 0 Å². The number of hydrogen-bond donors (Lipinski definition) is 2. The molecule has 4 rings (SSSR count). The Labute approximate surface area is 133 Å². The Hall–Kier alpha value is -1.43. The Morgan fingerprint density at radius 1 is 1.14 bits per heavy atom. The van der Waals surface area contributed by atoms with Crippen LogP contribution in [-0.2, 0) is 22.4 Å². The third-order valence-electron chi connectivity index (χ3n) is 5.58. The number of carboxylic acid groups (broad SMARTS) is 1. The van der Waals surface area contributed by atoms with Gasteiger partial charge in [-0.3, -0.25) is 9.59 Å². The molecule has 3 aliphatic rings. The predicted octanol–water partition coefficient (Wildman–Crippen LogP) is 2.71. The highest BCUT2D eigenvalue weighted by molar-refractivity contribution is 7.15. The van der Waals surface area contributed by atoms with E-state index in [0.29, 0.717) is 5.13 Å². The Balaban J connectivity index is 1.52. The molecule has 2 fully saturated rings. The average Bonchev–Trinajstić information content (AvgIpc) is 3.19. The standard InChI is InChI=1S/C16H20N2O3S/c19-14(12-8-5-6-9(7-8)13(12)15(20)21)18-16-17-10-3-1-2-4-11(10)22-16/h8-9,12-13H,1-7H2,(H,20,21)(H,17,18,19)/t8-,9+,12-,13-/m0/s1. The molecule has 1 heterocycles. The number of carbonyl (C=O) groups is 2. The fourth-order valence-corrected chi connectivity index (χ4v) is 5.67. The molecule has 5 nitrogen and oxygen atoms in total. The first-order chi connectivity index (χ1) is 10.6. The van der Waals surface area contributed by atoms with Crippen LogP contribution in [0.5, 0.6) is 0 Å². The molecular weight excluding hydrogens is 300 g/mol. The highest BCUT2D eigenvalue weighted by atomic mass is 32.1. The van der Waals surface area contributed by atoms with Gasteiger partial charge in [0.25, 0.3) is 0 Å². The van der Waals surface area contributed by atoms with E-state index in [1.807, 2.05) is 0 Å². The van der Waals surface area contributed by atoms with E-state index in [1.165, 1.54) is 11.3 Å². The van der Waals surface area contributed by atoms with E-state index in [4.69, 9.17) is 0 Å². The van der Waals surface area contributed by atoms with Crippen LogP contribution >= 0.6 is 11.3 Å². The number of hydrogen-bond acceptors (Lipinski definition) is 4. The lowest BCUT2D eigenvalue weighted by Crippen LogP contribution is -2.37. The van der Waals surface area contributed by atoms with Crippen molar-refractivity contribution in [1.82, 2.24) is 4.98 Å². The second-order valence-corrected chi connectivity index (χ2v) is 7.89. The second kappa shape index (κ2) is 5.33. The van der Waals surface area contributed by atoms with Crippen molar-refractivity contribution in [2.45, 2.75) is 44.9 Å². The zero-order valence-corrected chi connectivity index (χ0v) is 13.2. The number of amides is 1. The minimum atomic E-state index is -0.814. The van der Waals surface area contributed by atoms with Gasteiger partial charge < -0.3 is 10.4 Å². The fourth-order valence-electron chi connectivity index (χ4n) is 4.62. The van der Waals surface area contributed by atoms with Crippen molar-refractivity contribution in [2.75, 3.05) is 5.32 Å². The van der Waals surface area contributed by atoms with Crippen LogP contribution in [0, 0.1) is 23.7 Å². The molecule has 0 aromatic carbocycles. The molecule has 118 valence electrons. The summed E-state index contributed by atoms with van der Waals surface area (Å²) >= 11 is 1.56. The molecule has 0 spiro atoms. The van der Waals surface area contributed by atoms with Gasteiger partial charge in [0, 0.05) is 4.88 Å². The molecule has 1 aromatic heterocycles. The maximum Gasteiger partial charge on any atom is 0.307 e. The van der Waals surface area contributed by atoms with E-state index in [2.05, 4.69) is 10.3 Å². The van der Waals surface area contributed by atoms with Gasteiger partial charge in [0.2, 0.25) is 5.91 Å². The molecular formula is C16H20N2O3S. The van der Waals surface area contributed by atoms with Crippen molar-refractivity contribution in [3.8, 4) is 0 Å². The number of nitrogens with zero attached hydrogens (tertiary/aromatic N) is 1. The van der Waals surface area contributed by atoms with Gasteiger partial charge in [-0.2, -0.15) is 0 Å². The third-order valence-corrected chi connectivity index (χ3v) is 6.65. The predicted molar refractivity (Wildman–Crippen MR) is 82.8 cm³/mol. The highest BCUT2D eigenvalue weighted by Crippen LogP contribution is 2.52. The van der Waals surface area contributed by atoms with Crippen molar-refractivity contribution < 1.29 is 14.7 Å². The normalized spacial score (nSPS) is 32.7. The van der Waals surface area contributed by atoms with Crippen molar-refractivity contribution in [3.63, 3.8) is 0 Å². The summed E-state index contributed by atoms with van der Waals surface area (Å²) in [5.74, 6) is -1.41. The summed E-state index contributed by atoms with van der Waals surface area (Å²) < 4.78 is 0. The SMILES string of the molecule is O=C(O)[C@H]1[C@@H]2CC[C@@H](C2)[C@@H]1C(=O)Nc1nc2c(s1)CCCC2. The van der Waals surface area contributed by atoms with E-state index >= 15 is 0 Å². The number of anilines is 1. The molecule has 3 aliphatic carbocycles. The molecule has 0 radical (unpaired) electrons. The molecule has 2 N–H and O–H groups in total. The maximum absolute atomic E-state index is 12.6. The van der Waals surface area contributed by atoms with Gasteiger partial charge in [0.05, 0.1) is 17.5 Å². The number of nitrogens with one attached hydrogen (secondary N) is 1. The summed E-state index contributed by atoms with van der Waals surface area (Å²) in [6.45, 7) is 0. The van der Waals surface area contributed by atoms with Crippen molar-refractivity contribution in [2.24, 2.45) is 23.7 Å². The van der Waals surface area contributed by atoms with Crippen LogP contribution in [-0.4, -0.2) is 22.0 Å². The number of fused-ring (bicyclic) bond motifs is 3. The largest absolute Gasteiger partial charge is 0.481 e. The molecule has 1 aromatic rings. The fraction of sp³-hybridized carbons (Fsp3) is 0.688. The number of rotatable bonds is 3. The van der Waals surface area contributed by atoms with Crippen molar-refractivity contribution in [3.05, 3.63) is 10.6 Å². The molecule has 0 unspecified atom stereocenters. The second-order valence-electron chi connectivity index (χ2n) is 6.81. The van der Waals surface area contributed by atoms with Gasteiger partial charge in [0.1, 0.15) is 0 Å². The first-order valence-electron chi connectivity index (χ1n) is 8.15. The zero-order valence-electron chi connectivity index (χ0n) is 12.4. The lowest BCUT2D eigenvalue weighted by atomic mass is 9.79. The number of aliphatic carboxylic acids is 1. The van der Waals surface area contributed by atoms with Crippen LogP contribution in [0.15, 0.2) is 0 Å². The monoisotopic (exact) mass is 320 g/mol. The van der Waals surface area contributed by atoms with Crippen LogP contribution in [0.4, 0.5) is 5.13 Å². The molecule has 2 saturated carbocycles. The molecule has 2 bridgehead atoms. The lowest BCUT2D eigenvalue weighted by molar-refractivity contribution is -0.148. The van der Waals surface area contributed by atoms with E-state index in [9.17, 15) is 14.7 Å². The average molecular weight is 320 g/mol. The van der Waals surface area contributed by atoms with Gasteiger partial charge in [-0.25, -0.2) is 4.98 Å². The van der Waals surface area contributed by atoms with Crippen LogP contribution in [0.3, 0.4) is 0 Å². The molecule has 1 amide bonds. The maximum atomic E-state index is 12.6. The Kier molecular flexibility index (Phi) is 3.44. The summed E-state index contributed by atoms with van der Waals surface area (Å²) in [6.07, 6.45) is 7.23. The summed E-state index contributed by atoms with van der Waals surface area (Å²) in [5.41, 5.74) is 1.12. The quantitative estimate of drug-likeness (QED) is 0.897. The Morgan fingerprint density at radius 3 is 2.59 bits per heavy atom. The topological polar surface area (TPSA) is 79.3 Å². The van der Waals surface area contributed by atoms with Crippen LogP contribution in [0.1, 0.15) is 42.7 Å². The third kappa shape index (κ3) is 2.24. The molecule has 0 aliphatic heterocycles. The first-order valence-corrected chi connectivity index (χ1v) is 8.97. The zero-order chi connectivity index (χ0) is 15.3. The lowest BCUT2D eigenvalue weighted by Gasteiger charge is -2.26. The van der Waals surface area contributed by atoms with Crippen molar-refractivity contribution >= 4 is 28.3 Å². The summed E-state index contributed by atoms with van der Waals surface area (Å²) in [4.78, 5) is 30.0. The van der Waals surface area contributed by atoms with E-state index in [-0.39, 0.29) is 23.7 Å². The molecule has 4 atom stereocenters.